The molecule has 0 saturated carbocycles. The van der Waals surface area contributed by atoms with Crippen LogP contribution in [0.3, 0.4) is 0 Å². The van der Waals surface area contributed by atoms with E-state index in [-0.39, 0.29) is 42.2 Å². The summed E-state index contributed by atoms with van der Waals surface area (Å²) in [4.78, 5) is 8.28. The van der Waals surface area contributed by atoms with Gasteiger partial charge in [0.1, 0.15) is 11.6 Å². The lowest BCUT2D eigenvalue weighted by molar-refractivity contribution is 0.232. The Morgan fingerprint density at radius 2 is 1.88 bits per heavy atom. The van der Waals surface area contributed by atoms with E-state index >= 15 is 0 Å². The fourth-order valence-electron chi connectivity index (χ4n) is 2.09. The molecule has 142 valence electrons. The molecule has 0 spiro atoms. The smallest absolute Gasteiger partial charge is 0.213 e. The monoisotopic (exact) mass is 476 g/mol. The zero-order chi connectivity index (χ0) is 18.2. The number of guanidine groups is 1. The van der Waals surface area contributed by atoms with Crippen molar-refractivity contribution in [1.29, 1.82) is 0 Å². The summed E-state index contributed by atoms with van der Waals surface area (Å²) < 4.78 is 32.3. The van der Waals surface area contributed by atoms with Crippen molar-refractivity contribution in [2.45, 2.75) is 33.0 Å². The van der Waals surface area contributed by atoms with E-state index in [2.05, 4.69) is 20.6 Å². The number of aliphatic imine (C=N–C) groups is 1. The van der Waals surface area contributed by atoms with Gasteiger partial charge < -0.3 is 15.4 Å². The van der Waals surface area contributed by atoms with Crippen LogP contribution < -0.4 is 15.4 Å². The van der Waals surface area contributed by atoms with Crippen molar-refractivity contribution in [2.24, 2.45) is 4.99 Å². The van der Waals surface area contributed by atoms with Gasteiger partial charge >= 0.3 is 0 Å². The van der Waals surface area contributed by atoms with Crippen LogP contribution in [0.25, 0.3) is 0 Å². The van der Waals surface area contributed by atoms with Gasteiger partial charge in [-0.3, -0.25) is 4.99 Å². The van der Waals surface area contributed by atoms with E-state index in [0.717, 1.165) is 23.8 Å². The van der Waals surface area contributed by atoms with Crippen molar-refractivity contribution in [1.82, 2.24) is 15.6 Å². The molecule has 0 bridgehead atoms. The van der Waals surface area contributed by atoms with Crippen LogP contribution in [0.1, 0.15) is 25.0 Å². The molecule has 0 fully saturated rings. The summed E-state index contributed by atoms with van der Waals surface area (Å²) in [6.07, 6.45) is 1.78. The minimum absolute atomic E-state index is 0. The van der Waals surface area contributed by atoms with Gasteiger partial charge in [0, 0.05) is 38.0 Å². The molecule has 1 aromatic heterocycles. The number of halogens is 3. The molecule has 0 unspecified atom stereocenters. The summed E-state index contributed by atoms with van der Waals surface area (Å²) in [5, 5.41) is 6.04. The van der Waals surface area contributed by atoms with Crippen LogP contribution in [-0.4, -0.2) is 24.1 Å². The lowest BCUT2D eigenvalue weighted by Crippen LogP contribution is -2.36. The molecule has 8 heteroatoms. The van der Waals surface area contributed by atoms with E-state index in [4.69, 9.17) is 4.74 Å². The topological polar surface area (TPSA) is 58.5 Å². The van der Waals surface area contributed by atoms with Crippen LogP contribution >= 0.6 is 24.0 Å². The SMILES string of the molecule is CN=C(NCc1ccc(OC(C)C)nc1)NCc1cc(F)ccc1F.I. The quantitative estimate of drug-likeness (QED) is 0.380. The van der Waals surface area contributed by atoms with Gasteiger partial charge in [0.05, 0.1) is 6.10 Å². The fourth-order valence-corrected chi connectivity index (χ4v) is 2.09. The van der Waals surface area contributed by atoms with Crippen LogP contribution in [0.4, 0.5) is 8.78 Å². The van der Waals surface area contributed by atoms with Gasteiger partial charge in [-0.05, 0) is 37.6 Å². The molecule has 0 aliphatic carbocycles. The van der Waals surface area contributed by atoms with Crippen molar-refractivity contribution >= 4 is 29.9 Å². The normalized spacial score (nSPS) is 11.1. The number of pyridine rings is 1. The lowest BCUT2D eigenvalue weighted by Gasteiger charge is -2.13. The summed E-state index contributed by atoms with van der Waals surface area (Å²) in [6.45, 7) is 4.49. The lowest BCUT2D eigenvalue weighted by atomic mass is 10.2. The minimum atomic E-state index is -0.476. The molecule has 0 saturated heterocycles. The highest BCUT2D eigenvalue weighted by Crippen LogP contribution is 2.10. The first-order valence-corrected chi connectivity index (χ1v) is 7.98. The van der Waals surface area contributed by atoms with Gasteiger partial charge in [-0.15, -0.1) is 24.0 Å². The Morgan fingerprint density at radius 1 is 1.15 bits per heavy atom. The van der Waals surface area contributed by atoms with Crippen LogP contribution in [0.15, 0.2) is 41.5 Å². The number of aromatic nitrogens is 1. The average molecular weight is 476 g/mol. The predicted octanol–water partition coefficient (Wildman–Crippen LogP) is 3.63. The number of hydrogen-bond donors (Lipinski definition) is 2. The van der Waals surface area contributed by atoms with Gasteiger partial charge in [-0.1, -0.05) is 6.07 Å². The highest BCUT2D eigenvalue weighted by atomic mass is 127. The largest absolute Gasteiger partial charge is 0.475 e. The molecular weight excluding hydrogens is 453 g/mol. The Kier molecular flexibility index (Phi) is 9.25. The van der Waals surface area contributed by atoms with Crippen LogP contribution in [-0.2, 0) is 13.1 Å². The highest BCUT2D eigenvalue weighted by Gasteiger charge is 2.06. The minimum Gasteiger partial charge on any atom is -0.475 e. The molecule has 2 aromatic rings. The highest BCUT2D eigenvalue weighted by molar-refractivity contribution is 14.0. The summed E-state index contributed by atoms with van der Waals surface area (Å²) in [6, 6.07) is 7.06. The molecule has 0 radical (unpaired) electrons. The number of nitrogens with zero attached hydrogens (tertiary/aromatic N) is 2. The van der Waals surface area contributed by atoms with E-state index in [9.17, 15) is 8.78 Å². The third kappa shape index (κ3) is 7.11. The molecule has 5 nitrogen and oxygen atoms in total. The first-order valence-electron chi connectivity index (χ1n) is 7.98. The second-order valence-corrected chi connectivity index (χ2v) is 5.69. The molecule has 0 aliphatic rings. The van der Waals surface area contributed by atoms with E-state index in [1.807, 2.05) is 19.9 Å². The average Bonchev–Trinajstić information content (AvgIpc) is 2.58. The summed E-state index contributed by atoms with van der Waals surface area (Å²) in [5.41, 5.74) is 1.18. The zero-order valence-corrected chi connectivity index (χ0v) is 17.3. The van der Waals surface area contributed by atoms with E-state index in [1.165, 1.54) is 0 Å². The summed E-state index contributed by atoms with van der Waals surface area (Å²) in [7, 11) is 1.61. The predicted molar refractivity (Wildman–Crippen MR) is 109 cm³/mol. The third-order valence-electron chi connectivity index (χ3n) is 3.29. The van der Waals surface area contributed by atoms with Gasteiger partial charge in [0.15, 0.2) is 5.96 Å². The second-order valence-electron chi connectivity index (χ2n) is 5.69. The first-order chi connectivity index (χ1) is 12.0. The zero-order valence-electron chi connectivity index (χ0n) is 14.9. The maximum atomic E-state index is 13.6. The van der Waals surface area contributed by atoms with Gasteiger partial charge in [0.25, 0.3) is 0 Å². The van der Waals surface area contributed by atoms with Crippen molar-refractivity contribution in [3.8, 4) is 5.88 Å². The fraction of sp³-hybridized carbons (Fsp3) is 0.333. The molecule has 0 amide bonds. The third-order valence-corrected chi connectivity index (χ3v) is 3.29. The second kappa shape index (κ2) is 10.9. The summed E-state index contributed by atoms with van der Waals surface area (Å²) >= 11 is 0. The Hall–Kier alpha value is -1.97. The molecule has 1 heterocycles. The Labute approximate surface area is 169 Å². The summed E-state index contributed by atoms with van der Waals surface area (Å²) in [5.74, 6) is 0.110. The Bertz CT molecular complexity index is 724. The van der Waals surface area contributed by atoms with Crippen LogP contribution in [0.2, 0.25) is 0 Å². The number of nitrogens with one attached hydrogen (secondary N) is 2. The number of hydrogen-bond acceptors (Lipinski definition) is 3. The van der Waals surface area contributed by atoms with Crippen LogP contribution in [0, 0.1) is 11.6 Å². The van der Waals surface area contributed by atoms with E-state index in [0.29, 0.717) is 18.4 Å². The first kappa shape index (κ1) is 22.1. The van der Waals surface area contributed by atoms with Crippen LogP contribution in [0.5, 0.6) is 5.88 Å². The van der Waals surface area contributed by atoms with Gasteiger partial charge in [-0.2, -0.15) is 0 Å². The number of rotatable bonds is 6. The number of ether oxygens (including phenoxy) is 1. The maximum absolute atomic E-state index is 13.6. The van der Waals surface area contributed by atoms with Crippen molar-refractivity contribution < 1.29 is 13.5 Å². The van der Waals surface area contributed by atoms with E-state index in [1.54, 1.807) is 19.3 Å². The maximum Gasteiger partial charge on any atom is 0.213 e. The standard InChI is InChI=1S/C18H22F2N4O.HI/c1-12(2)25-17-7-4-13(9-22-17)10-23-18(21-3)24-11-14-8-15(19)5-6-16(14)20;/h4-9,12H,10-11H2,1-3H3,(H2,21,23,24);1H. The molecule has 2 N–H and O–H groups in total. The van der Waals surface area contributed by atoms with Gasteiger partial charge in [-0.25, -0.2) is 13.8 Å². The van der Waals surface area contributed by atoms with Crippen molar-refractivity contribution in [2.75, 3.05) is 7.05 Å². The number of benzene rings is 1. The molecule has 0 aliphatic heterocycles. The molecule has 1 aromatic carbocycles. The van der Waals surface area contributed by atoms with Gasteiger partial charge in [0.2, 0.25) is 5.88 Å². The van der Waals surface area contributed by atoms with Crippen molar-refractivity contribution in [3.05, 3.63) is 59.3 Å². The molecule has 26 heavy (non-hydrogen) atoms. The van der Waals surface area contributed by atoms with Crippen molar-refractivity contribution in [3.63, 3.8) is 0 Å². The molecule has 2 rings (SSSR count). The van der Waals surface area contributed by atoms with E-state index < -0.39 is 11.6 Å². The molecular formula is C18H23F2IN4O. The Balaban J connectivity index is 0.00000338. The Morgan fingerprint density at radius 3 is 2.50 bits per heavy atom. The molecule has 0 atom stereocenters.